The first-order valence-electron chi connectivity index (χ1n) is 8.85. The number of anilines is 1. The molecule has 2 atom stereocenters. The highest BCUT2D eigenvalue weighted by Crippen LogP contribution is 2.37. The summed E-state index contributed by atoms with van der Waals surface area (Å²) in [6.45, 7) is 2.74. The van der Waals surface area contributed by atoms with Crippen LogP contribution in [0.25, 0.3) is 0 Å². The van der Waals surface area contributed by atoms with Crippen LogP contribution in [-0.2, 0) is 16.4 Å². The van der Waals surface area contributed by atoms with Gasteiger partial charge >= 0.3 is 0 Å². The second-order valence-electron chi connectivity index (χ2n) is 6.99. The third kappa shape index (κ3) is 3.99. The molecule has 0 N–H and O–H groups in total. The lowest BCUT2D eigenvalue weighted by Crippen LogP contribution is -2.28. The van der Waals surface area contributed by atoms with Crippen LogP contribution in [0, 0.1) is 6.92 Å². The molecular formula is C20H22N2O3S2. The van der Waals surface area contributed by atoms with Gasteiger partial charge in [0, 0.05) is 17.0 Å². The van der Waals surface area contributed by atoms with Gasteiger partial charge in [-0.15, -0.1) is 0 Å². The Hall–Kier alpha value is -1.99. The molecule has 0 spiro atoms. The maximum absolute atomic E-state index is 11.9. The molecule has 0 saturated carbocycles. The average Bonchev–Trinajstić information content (AvgIpc) is 3.14. The van der Waals surface area contributed by atoms with Crippen LogP contribution >= 0.6 is 11.8 Å². The summed E-state index contributed by atoms with van der Waals surface area (Å²) in [6.07, 6.45) is 0. The van der Waals surface area contributed by atoms with Crippen LogP contribution < -0.4 is 9.64 Å². The smallest absolute Gasteiger partial charge is 0.164 e. The number of aliphatic imine (C=N–C) groups is 1. The van der Waals surface area contributed by atoms with Crippen LogP contribution in [-0.4, -0.2) is 43.5 Å². The summed E-state index contributed by atoms with van der Waals surface area (Å²) in [5.41, 5.74) is 3.39. The highest BCUT2D eigenvalue weighted by atomic mass is 32.2. The third-order valence-corrected chi connectivity index (χ3v) is 8.11. The van der Waals surface area contributed by atoms with Crippen LogP contribution in [0.15, 0.2) is 53.5 Å². The number of sulfone groups is 1. The fourth-order valence-electron chi connectivity index (χ4n) is 3.39. The maximum Gasteiger partial charge on any atom is 0.164 e. The number of ether oxygens (including phenoxy) is 1. The summed E-state index contributed by atoms with van der Waals surface area (Å²) in [6, 6.07) is 16.2. The molecule has 2 heterocycles. The van der Waals surface area contributed by atoms with Gasteiger partial charge in [-0.2, -0.15) is 0 Å². The van der Waals surface area contributed by atoms with E-state index in [0.29, 0.717) is 6.54 Å². The van der Waals surface area contributed by atoms with Gasteiger partial charge in [0.1, 0.15) is 5.75 Å². The Labute approximate surface area is 164 Å². The molecule has 2 unspecified atom stereocenters. The number of benzene rings is 2. The maximum atomic E-state index is 11.9. The van der Waals surface area contributed by atoms with Gasteiger partial charge in [0.05, 0.1) is 31.2 Å². The molecule has 5 nitrogen and oxygen atoms in total. The predicted molar refractivity (Wildman–Crippen MR) is 112 cm³/mol. The van der Waals surface area contributed by atoms with Crippen molar-refractivity contribution in [2.45, 2.75) is 24.8 Å². The molecule has 0 aliphatic carbocycles. The minimum absolute atomic E-state index is 0.0242. The second-order valence-corrected chi connectivity index (χ2v) is 10.3. The summed E-state index contributed by atoms with van der Waals surface area (Å²) in [7, 11) is -1.31. The molecule has 142 valence electrons. The summed E-state index contributed by atoms with van der Waals surface area (Å²) >= 11 is 1.58. The second kappa shape index (κ2) is 7.20. The van der Waals surface area contributed by atoms with Crippen molar-refractivity contribution >= 4 is 32.5 Å². The van der Waals surface area contributed by atoms with Crippen LogP contribution in [0.5, 0.6) is 5.75 Å². The number of aryl methyl sites for hydroxylation is 1. The van der Waals surface area contributed by atoms with E-state index < -0.39 is 9.84 Å². The van der Waals surface area contributed by atoms with E-state index in [2.05, 4.69) is 36.1 Å². The molecule has 1 saturated heterocycles. The van der Waals surface area contributed by atoms with Gasteiger partial charge in [-0.3, -0.25) is 4.99 Å². The molecule has 0 amide bonds. The van der Waals surface area contributed by atoms with E-state index in [0.717, 1.165) is 16.6 Å². The van der Waals surface area contributed by atoms with E-state index >= 15 is 0 Å². The van der Waals surface area contributed by atoms with Crippen molar-refractivity contribution in [3.8, 4) is 5.75 Å². The number of hydrogen-bond donors (Lipinski definition) is 0. The van der Waals surface area contributed by atoms with E-state index in [1.54, 1.807) is 18.9 Å². The molecule has 2 aliphatic heterocycles. The zero-order valence-corrected chi connectivity index (χ0v) is 17.0. The lowest BCUT2D eigenvalue weighted by atomic mass is 10.1. The third-order valence-electron chi connectivity index (χ3n) is 4.86. The predicted octanol–water partition coefficient (Wildman–Crippen LogP) is 3.28. The van der Waals surface area contributed by atoms with Crippen molar-refractivity contribution in [1.29, 1.82) is 0 Å². The van der Waals surface area contributed by atoms with Crippen molar-refractivity contribution in [3.63, 3.8) is 0 Å². The fourth-order valence-corrected chi connectivity index (χ4v) is 7.18. The van der Waals surface area contributed by atoms with Crippen molar-refractivity contribution in [2.24, 2.45) is 4.99 Å². The largest absolute Gasteiger partial charge is 0.497 e. The highest BCUT2D eigenvalue weighted by molar-refractivity contribution is 8.15. The van der Waals surface area contributed by atoms with E-state index in [9.17, 15) is 8.42 Å². The summed E-state index contributed by atoms with van der Waals surface area (Å²) in [5.74, 6) is 1.16. The van der Waals surface area contributed by atoms with Gasteiger partial charge in [0.15, 0.2) is 15.0 Å². The Balaban J connectivity index is 1.67. The first-order chi connectivity index (χ1) is 12.9. The molecule has 2 aliphatic rings. The molecule has 0 radical (unpaired) electrons. The van der Waals surface area contributed by atoms with E-state index in [4.69, 9.17) is 9.73 Å². The molecule has 2 aromatic carbocycles. The summed E-state index contributed by atoms with van der Waals surface area (Å²) in [5, 5.41) is 0.907. The van der Waals surface area contributed by atoms with Crippen LogP contribution in [0.2, 0.25) is 0 Å². The number of hydrogen-bond acceptors (Lipinski definition) is 6. The van der Waals surface area contributed by atoms with E-state index in [-0.39, 0.29) is 22.8 Å². The molecule has 4 rings (SSSR count). The lowest BCUT2D eigenvalue weighted by molar-refractivity contribution is 0.415. The molecule has 1 fully saturated rings. The SMILES string of the molecule is COc1cccc(N(Cc2ccc(C)cc2)C2=NC3CS(=O)(=O)CC3S2)c1. The Morgan fingerprint density at radius 2 is 1.96 bits per heavy atom. The van der Waals surface area contributed by atoms with E-state index in [1.165, 1.54) is 11.1 Å². The number of rotatable bonds is 4. The topological polar surface area (TPSA) is 59.0 Å². The van der Waals surface area contributed by atoms with E-state index in [1.807, 2.05) is 24.3 Å². The Morgan fingerprint density at radius 3 is 2.67 bits per heavy atom. The Kier molecular flexibility index (Phi) is 4.90. The molecular weight excluding hydrogens is 380 g/mol. The standard InChI is InChI=1S/C20H22N2O3S2/c1-14-6-8-15(9-7-14)11-22(16-4-3-5-17(10-16)25-2)20-21-18-12-27(23,24)13-19(18)26-20/h3-10,18-19H,11-13H2,1-2H3. The Morgan fingerprint density at radius 1 is 1.19 bits per heavy atom. The number of methoxy groups -OCH3 is 1. The highest BCUT2D eigenvalue weighted by Gasteiger charge is 2.44. The minimum Gasteiger partial charge on any atom is -0.497 e. The van der Waals surface area contributed by atoms with Gasteiger partial charge in [0.2, 0.25) is 0 Å². The zero-order chi connectivity index (χ0) is 19.0. The first kappa shape index (κ1) is 18.4. The molecule has 27 heavy (non-hydrogen) atoms. The van der Waals surface area contributed by atoms with Gasteiger partial charge in [-0.1, -0.05) is 47.7 Å². The molecule has 0 bridgehead atoms. The van der Waals surface area contributed by atoms with Gasteiger partial charge < -0.3 is 9.64 Å². The van der Waals surface area contributed by atoms with Crippen LogP contribution in [0.4, 0.5) is 5.69 Å². The van der Waals surface area contributed by atoms with Crippen molar-refractivity contribution in [2.75, 3.05) is 23.5 Å². The summed E-state index contributed by atoms with van der Waals surface area (Å²) in [4.78, 5) is 6.93. The summed E-state index contributed by atoms with van der Waals surface area (Å²) < 4.78 is 29.2. The van der Waals surface area contributed by atoms with Gasteiger partial charge in [-0.25, -0.2) is 8.42 Å². The fraction of sp³-hybridized carbons (Fsp3) is 0.350. The van der Waals surface area contributed by atoms with Crippen molar-refractivity contribution < 1.29 is 13.2 Å². The van der Waals surface area contributed by atoms with Gasteiger partial charge in [-0.05, 0) is 24.6 Å². The van der Waals surface area contributed by atoms with Crippen molar-refractivity contribution in [3.05, 3.63) is 59.7 Å². The first-order valence-corrected chi connectivity index (χ1v) is 11.6. The Bertz CT molecular complexity index is 971. The normalized spacial score (nSPS) is 23.0. The lowest BCUT2D eigenvalue weighted by Gasteiger charge is -2.25. The zero-order valence-electron chi connectivity index (χ0n) is 15.3. The van der Waals surface area contributed by atoms with Crippen LogP contribution in [0.3, 0.4) is 0 Å². The quantitative estimate of drug-likeness (QED) is 0.786. The number of nitrogens with zero attached hydrogens (tertiary/aromatic N) is 2. The number of thioether (sulfide) groups is 1. The number of amidine groups is 1. The van der Waals surface area contributed by atoms with Crippen molar-refractivity contribution in [1.82, 2.24) is 0 Å². The monoisotopic (exact) mass is 402 g/mol. The molecule has 7 heteroatoms. The van der Waals surface area contributed by atoms with Gasteiger partial charge in [0.25, 0.3) is 0 Å². The van der Waals surface area contributed by atoms with Crippen LogP contribution in [0.1, 0.15) is 11.1 Å². The molecule has 2 aromatic rings. The minimum atomic E-state index is -2.96. The average molecular weight is 403 g/mol. The number of fused-ring (bicyclic) bond motifs is 1. The molecule has 0 aromatic heterocycles.